The summed E-state index contributed by atoms with van der Waals surface area (Å²) in [5.41, 5.74) is 5.85. The minimum atomic E-state index is 0.881. The summed E-state index contributed by atoms with van der Waals surface area (Å²) in [6.45, 7) is 4.18. The Hall–Kier alpha value is -2.79. The second kappa shape index (κ2) is 7.32. The van der Waals surface area contributed by atoms with Crippen LogP contribution in [0.3, 0.4) is 0 Å². The molecule has 0 bridgehead atoms. The van der Waals surface area contributed by atoms with Crippen LogP contribution in [0.5, 0.6) is 5.75 Å². The number of aromatic nitrogens is 2. The first-order valence-electron chi connectivity index (χ1n) is 9.74. The third-order valence-corrected chi connectivity index (χ3v) is 5.53. The van der Waals surface area contributed by atoms with Crippen molar-refractivity contribution in [3.63, 3.8) is 0 Å². The predicted molar refractivity (Wildman–Crippen MR) is 119 cm³/mol. The molecular formula is C23H28N4O. The number of anilines is 1. The molecule has 4 rings (SSSR count). The number of pyridine rings is 1. The molecule has 0 aliphatic carbocycles. The molecule has 5 nitrogen and oxygen atoms in total. The van der Waals surface area contributed by atoms with Crippen LogP contribution in [0.25, 0.3) is 32.7 Å². The van der Waals surface area contributed by atoms with E-state index >= 15 is 0 Å². The highest BCUT2D eigenvalue weighted by Gasteiger charge is 2.16. The van der Waals surface area contributed by atoms with E-state index in [1.165, 1.54) is 32.8 Å². The Morgan fingerprint density at radius 1 is 1.11 bits per heavy atom. The van der Waals surface area contributed by atoms with Gasteiger partial charge in [-0.3, -0.25) is 4.98 Å². The average Bonchev–Trinajstić information content (AvgIpc) is 2.97. The van der Waals surface area contributed by atoms with Gasteiger partial charge in [-0.1, -0.05) is 0 Å². The molecule has 0 radical (unpaired) electrons. The molecule has 0 atom stereocenters. The average molecular weight is 377 g/mol. The Kier molecular flexibility index (Phi) is 4.85. The highest BCUT2D eigenvalue weighted by molar-refractivity contribution is 6.15. The van der Waals surface area contributed by atoms with Gasteiger partial charge in [-0.25, -0.2) is 0 Å². The number of rotatable bonds is 6. The molecule has 0 aliphatic rings. The zero-order chi connectivity index (χ0) is 19.8. The maximum atomic E-state index is 5.47. The summed E-state index contributed by atoms with van der Waals surface area (Å²) < 4.78 is 7.73. The van der Waals surface area contributed by atoms with Crippen molar-refractivity contribution in [1.82, 2.24) is 14.5 Å². The summed E-state index contributed by atoms with van der Waals surface area (Å²) in [6, 6.07) is 10.6. The van der Waals surface area contributed by atoms with E-state index in [-0.39, 0.29) is 0 Å². The van der Waals surface area contributed by atoms with Crippen LogP contribution in [-0.2, 0) is 7.05 Å². The summed E-state index contributed by atoms with van der Waals surface area (Å²) in [6.07, 6.45) is 3.00. The molecule has 4 aromatic rings. The highest BCUT2D eigenvalue weighted by Crippen LogP contribution is 2.37. The lowest BCUT2D eigenvalue weighted by atomic mass is 10.0. The van der Waals surface area contributed by atoms with E-state index in [0.29, 0.717) is 0 Å². The lowest BCUT2D eigenvalue weighted by Crippen LogP contribution is -2.16. The molecule has 1 N–H and O–H groups in total. The van der Waals surface area contributed by atoms with Gasteiger partial charge in [0.25, 0.3) is 0 Å². The van der Waals surface area contributed by atoms with E-state index in [1.807, 2.05) is 12.3 Å². The van der Waals surface area contributed by atoms with Crippen molar-refractivity contribution in [1.29, 1.82) is 0 Å². The van der Waals surface area contributed by atoms with Gasteiger partial charge in [0.15, 0.2) is 0 Å². The molecule has 5 heteroatoms. The van der Waals surface area contributed by atoms with Gasteiger partial charge >= 0.3 is 0 Å². The molecule has 0 spiro atoms. The van der Waals surface area contributed by atoms with Crippen molar-refractivity contribution in [3.8, 4) is 5.75 Å². The van der Waals surface area contributed by atoms with Crippen molar-refractivity contribution in [2.24, 2.45) is 7.05 Å². The number of hydrogen-bond acceptors (Lipinski definition) is 4. The Morgan fingerprint density at radius 2 is 1.93 bits per heavy atom. The maximum Gasteiger partial charge on any atom is 0.119 e. The molecule has 0 amide bonds. The largest absolute Gasteiger partial charge is 0.497 e. The lowest BCUT2D eigenvalue weighted by molar-refractivity contribution is 0.405. The normalized spacial score (nSPS) is 11.8. The zero-order valence-electron chi connectivity index (χ0n) is 17.3. The Morgan fingerprint density at radius 3 is 2.68 bits per heavy atom. The second-order valence-electron chi connectivity index (χ2n) is 7.68. The first-order chi connectivity index (χ1) is 13.5. The van der Waals surface area contributed by atoms with Crippen LogP contribution in [-0.4, -0.2) is 48.7 Å². The van der Waals surface area contributed by atoms with Crippen molar-refractivity contribution >= 4 is 38.4 Å². The van der Waals surface area contributed by atoms with E-state index in [9.17, 15) is 0 Å². The monoisotopic (exact) mass is 376 g/mol. The molecule has 2 heterocycles. The third-order valence-electron chi connectivity index (χ3n) is 5.53. The van der Waals surface area contributed by atoms with Gasteiger partial charge in [-0.05, 0) is 69.9 Å². The van der Waals surface area contributed by atoms with Crippen LogP contribution in [0.15, 0.2) is 36.5 Å². The van der Waals surface area contributed by atoms with Crippen LogP contribution in [0.4, 0.5) is 5.69 Å². The number of hydrogen-bond donors (Lipinski definition) is 1. The van der Waals surface area contributed by atoms with Gasteiger partial charge in [0.1, 0.15) is 5.75 Å². The standard InChI is InChI=1S/C23H28N4O/c1-15-22-19(20(9-11-25-22)24-10-6-12-26(2)3)14-18-17-13-16(28-5)7-8-21(17)27(4)23(15)18/h7-9,11,13-14H,6,10,12H2,1-5H3,(H,24,25). The van der Waals surface area contributed by atoms with Crippen LogP contribution in [0, 0.1) is 6.92 Å². The van der Waals surface area contributed by atoms with Crippen LogP contribution < -0.4 is 10.1 Å². The van der Waals surface area contributed by atoms with E-state index in [4.69, 9.17) is 9.72 Å². The summed E-state index contributed by atoms with van der Waals surface area (Å²) >= 11 is 0. The number of fused-ring (bicyclic) bond motifs is 4. The van der Waals surface area contributed by atoms with Gasteiger partial charge in [-0.15, -0.1) is 0 Å². The predicted octanol–water partition coefficient (Wildman–Crippen LogP) is 4.56. The summed E-state index contributed by atoms with van der Waals surface area (Å²) in [5, 5.41) is 7.24. The van der Waals surface area contributed by atoms with Gasteiger partial charge in [0, 0.05) is 47.2 Å². The Bertz CT molecular complexity index is 1160. The van der Waals surface area contributed by atoms with Crippen LogP contribution in [0.2, 0.25) is 0 Å². The Labute approximate surface area is 165 Å². The first kappa shape index (κ1) is 18.6. The van der Waals surface area contributed by atoms with Crippen LogP contribution >= 0.6 is 0 Å². The molecule has 2 aromatic carbocycles. The lowest BCUT2D eigenvalue weighted by Gasteiger charge is -2.13. The smallest absolute Gasteiger partial charge is 0.119 e. The summed E-state index contributed by atoms with van der Waals surface area (Å²) in [5.74, 6) is 0.881. The fourth-order valence-electron chi connectivity index (χ4n) is 4.13. The molecule has 28 heavy (non-hydrogen) atoms. The Balaban J connectivity index is 1.89. The van der Waals surface area contributed by atoms with Crippen LogP contribution in [0.1, 0.15) is 12.0 Å². The van der Waals surface area contributed by atoms with Gasteiger partial charge in [-0.2, -0.15) is 0 Å². The van der Waals surface area contributed by atoms with E-state index in [0.717, 1.165) is 36.5 Å². The number of nitrogens with zero attached hydrogens (tertiary/aromatic N) is 3. The van der Waals surface area contributed by atoms with E-state index in [2.05, 4.69) is 67.1 Å². The minimum absolute atomic E-state index is 0.881. The molecule has 146 valence electrons. The fourth-order valence-corrected chi connectivity index (χ4v) is 4.13. The molecule has 0 saturated heterocycles. The number of nitrogens with one attached hydrogen (secondary N) is 1. The minimum Gasteiger partial charge on any atom is -0.497 e. The molecule has 2 aromatic heterocycles. The highest BCUT2D eigenvalue weighted by atomic mass is 16.5. The fraction of sp³-hybridized carbons (Fsp3) is 0.348. The molecule has 0 aliphatic heterocycles. The number of benzene rings is 2. The van der Waals surface area contributed by atoms with Gasteiger partial charge in [0.2, 0.25) is 0 Å². The maximum absolute atomic E-state index is 5.47. The van der Waals surface area contributed by atoms with Crippen molar-refractivity contribution in [2.75, 3.05) is 39.6 Å². The van der Waals surface area contributed by atoms with Gasteiger partial charge in [0.05, 0.1) is 18.1 Å². The number of methoxy groups -OCH3 is 1. The second-order valence-corrected chi connectivity index (χ2v) is 7.68. The molecule has 0 fully saturated rings. The quantitative estimate of drug-likeness (QED) is 0.501. The number of aryl methyl sites for hydroxylation is 2. The first-order valence-corrected chi connectivity index (χ1v) is 9.74. The zero-order valence-corrected chi connectivity index (χ0v) is 17.3. The van der Waals surface area contributed by atoms with Crippen molar-refractivity contribution in [3.05, 3.63) is 42.1 Å². The van der Waals surface area contributed by atoms with E-state index in [1.54, 1.807) is 7.11 Å². The van der Waals surface area contributed by atoms with E-state index < -0.39 is 0 Å². The molecule has 0 saturated carbocycles. The summed E-state index contributed by atoms with van der Waals surface area (Å²) in [4.78, 5) is 6.92. The summed E-state index contributed by atoms with van der Waals surface area (Å²) in [7, 11) is 8.05. The van der Waals surface area contributed by atoms with Crippen molar-refractivity contribution < 1.29 is 4.74 Å². The topological polar surface area (TPSA) is 42.3 Å². The molecular weight excluding hydrogens is 348 g/mol. The molecule has 0 unspecified atom stereocenters. The third kappa shape index (κ3) is 3.06. The van der Waals surface area contributed by atoms with Gasteiger partial charge < -0.3 is 19.5 Å². The van der Waals surface area contributed by atoms with Crippen molar-refractivity contribution in [2.45, 2.75) is 13.3 Å². The SMILES string of the molecule is COc1ccc2c(c1)c1cc3c(NCCCN(C)C)ccnc3c(C)c1n2C. The number of ether oxygens (including phenoxy) is 1.